The highest BCUT2D eigenvalue weighted by atomic mass is 16.5. The van der Waals surface area contributed by atoms with Crippen molar-refractivity contribution in [1.82, 2.24) is 25.1 Å². The van der Waals surface area contributed by atoms with Crippen molar-refractivity contribution in [3.63, 3.8) is 0 Å². The van der Waals surface area contributed by atoms with Gasteiger partial charge in [-0.15, -0.1) is 5.10 Å². The van der Waals surface area contributed by atoms with Crippen LogP contribution in [0.4, 0.5) is 5.82 Å². The molecule has 1 unspecified atom stereocenters. The third-order valence-corrected chi connectivity index (χ3v) is 5.07. The maximum Gasteiger partial charge on any atom is 0.250 e. The van der Waals surface area contributed by atoms with Crippen LogP contribution in [-0.2, 0) is 21.7 Å². The molecule has 2 aliphatic rings. The smallest absolute Gasteiger partial charge is 0.250 e. The van der Waals surface area contributed by atoms with Crippen LogP contribution in [0.25, 0.3) is 0 Å². The Morgan fingerprint density at radius 3 is 2.80 bits per heavy atom. The number of anilines is 1. The number of hydrogen-bond acceptors (Lipinski definition) is 6. The van der Waals surface area contributed by atoms with Crippen LogP contribution in [0.1, 0.15) is 24.4 Å². The summed E-state index contributed by atoms with van der Waals surface area (Å²) in [6, 6.07) is 3.97. The summed E-state index contributed by atoms with van der Waals surface area (Å²) in [5.41, 5.74) is 0.386. The van der Waals surface area contributed by atoms with Gasteiger partial charge in [0.15, 0.2) is 11.9 Å². The molecule has 4 rings (SSSR count). The average Bonchev–Trinajstić information content (AvgIpc) is 3.12. The largest absolute Gasteiger partial charge is 0.357 e. The van der Waals surface area contributed by atoms with Crippen LogP contribution in [0.15, 0.2) is 24.5 Å². The number of nitrogens with zero attached hydrogens (tertiary/aromatic N) is 5. The van der Waals surface area contributed by atoms with E-state index in [9.17, 15) is 4.79 Å². The molecule has 1 fully saturated rings. The van der Waals surface area contributed by atoms with Crippen LogP contribution >= 0.6 is 0 Å². The van der Waals surface area contributed by atoms with Crippen molar-refractivity contribution < 1.29 is 9.53 Å². The second-order valence-electron chi connectivity index (χ2n) is 6.64. The molecule has 0 aromatic carbocycles. The number of piperidine rings is 1. The molecule has 1 spiro atoms. The van der Waals surface area contributed by atoms with E-state index in [1.807, 2.05) is 29.8 Å². The average molecular weight is 342 g/mol. The van der Waals surface area contributed by atoms with Crippen molar-refractivity contribution in [3.05, 3.63) is 36.0 Å². The molecule has 8 nitrogen and oxygen atoms in total. The summed E-state index contributed by atoms with van der Waals surface area (Å²) >= 11 is 0. The van der Waals surface area contributed by atoms with Crippen molar-refractivity contribution in [2.24, 2.45) is 0 Å². The normalized spacial score (nSPS) is 21.8. The Balaban J connectivity index is 1.56. The molecule has 2 aromatic heterocycles. The molecular formula is C17H22N6O2. The van der Waals surface area contributed by atoms with Crippen LogP contribution in [0.2, 0.25) is 0 Å². The number of carbonyl (C=O) groups excluding carboxylic acids is 1. The van der Waals surface area contributed by atoms with Gasteiger partial charge in [-0.1, -0.05) is 0 Å². The van der Waals surface area contributed by atoms with Gasteiger partial charge in [0.25, 0.3) is 5.91 Å². The van der Waals surface area contributed by atoms with Crippen molar-refractivity contribution in [1.29, 1.82) is 0 Å². The molecule has 0 radical (unpaired) electrons. The summed E-state index contributed by atoms with van der Waals surface area (Å²) in [5, 5.41) is 11.1. The van der Waals surface area contributed by atoms with Crippen LogP contribution < -0.4 is 10.2 Å². The predicted molar refractivity (Wildman–Crippen MR) is 91.1 cm³/mol. The number of imidazole rings is 1. The summed E-state index contributed by atoms with van der Waals surface area (Å²) in [7, 11) is 1.64. The van der Waals surface area contributed by atoms with Gasteiger partial charge in [-0.05, 0) is 19.1 Å². The maximum atomic E-state index is 12.1. The van der Waals surface area contributed by atoms with E-state index in [0.29, 0.717) is 6.54 Å². The highest BCUT2D eigenvalue weighted by Crippen LogP contribution is 2.40. The number of aryl methyl sites for hydroxylation is 1. The summed E-state index contributed by atoms with van der Waals surface area (Å²) in [4.78, 5) is 18.9. The molecule has 4 heterocycles. The Morgan fingerprint density at radius 1 is 1.32 bits per heavy atom. The molecule has 132 valence electrons. The van der Waals surface area contributed by atoms with Gasteiger partial charge >= 0.3 is 0 Å². The standard InChI is InChI=1S/C17H22N6O2/c1-12-3-4-14(21-20-12)22-8-5-17(6-9-22)16-19-7-10-23(16)11-13(25-17)15(24)18-2/h3-4,7,10,13H,5-6,8-9,11H2,1-2H3,(H,18,24). The van der Waals surface area contributed by atoms with E-state index in [1.165, 1.54) is 0 Å². The lowest BCUT2D eigenvalue weighted by atomic mass is 9.88. The van der Waals surface area contributed by atoms with Crippen LogP contribution in [0.3, 0.4) is 0 Å². The number of rotatable bonds is 2. The van der Waals surface area contributed by atoms with Crippen LogP contribution in [-0.4, -0.2) is 51.9 Å². The third kappa shape index (κ3) is 2.76. The monoisotopic (exact) mass is 342 g/mol. The van der Waals surface area contributed by atoms with E-state index in [4.69, 9.17) is 4.74 Å². The molecule has 0 bridgehead atoms. The van der Waals surface area contributed by atoms with Gasteiger partial charge in [-0.2, -0.15) is 5.10 Å². The third-order valence-electron chi connectivity index (χ3n) is 5.07. The molecular weight excluding hydrogens is 320 g/mol. The Kier molecular flexibility index (Phi) is 3.91. The highest BCUT2D eigenvalue weighted by molar-refractivity contribution is 5.80. The molecule has 2 aliphatic heterocycles. The second kappa shape index (κ2) is 6.11. The predicted octanol–water partition coefficient (Wildman–Crippen LogP) is 0.622. The number of hydrogen-bond donors (Lipinski definition) is 1. The summed E-state index contributed by atoms with van der Waals surface area (Å²) in [5.74, 6) is 1.70. The lowest BCUT2D eigenvalue weighted by Crippen LogP contribution is -2.54. The Hall–Kier alpha value is -2.48. The zero-order valence-electron chi connectivity index (χ0n) is 14.5. The van der Waals surface area contributed by atoms with E-state index >= 15 is 0 Å². The first-order valence-electron chi connectivity index (χ1n) is 8.58. The minimum atomic E-state index is -0.520. The van der Waals surface area contributed by atoms with Crippen molar-refractivity contribution in [2.75, 3.05) is 25.0 Å². The molecule has 25 heavy (non-hydrogen) atoms. The van der Waals surface area contributed by atoms with Gasteiger partial charge in [0.1, 0.15) is 11.4 Å². The molecule has 1 saturated heterocycles. The Labute approximate surface area is 146 Å². The first-order chi connectivity index (χ1) is 12.1. The number of fused-ring (bicyclic) bond motifs is 2. The molecule has 1 atom stereocenters. The number of aromatic nitrogens is 4. The SMILES string of the molecule is CNC(=O)C1Cn2ccnc2C2(CCN(c3ccc(C)nn3)CC2)O1. The molecule has 0 saturated carbocycles. The molecule has 0 aliphatic carbocycles. The van der Waals surface area contributed by atoms with Gasteiger partial charge in [0.2, 0.25) is 0 Å². The fraction of sp³-hybridized carbons (Fsp3) is 0.529. The summed E-state index contributed by atoms with van der Waals surface area (Å²) in [6.45, 7) is 4.00. The number of carbonyl (C=O) groups is 1. The molecule has 2 aromatic rings. The quantitative estimate of drug-likeness (QED) is 0.861. The summed E-state index contributed by atoms with van der Waals surface area (Å²) in [6.07, 6.45) is 4.73. The minimum Gasteiger partial charge on any atom is -0.357 e. The molecule has 1 N–H and O–H groups in total. The topological polar surface area (TPSA) is 85.2 Å². The van der Waals surface area contributed by atoms with Gasteiger partial charge in [-0.3, -0.25) is 4.79 Å². The van der Waals surface area contributed by atoms with E-state index in [2.05, 4.69) is 25.4 Å². The minimum absolute atomic E-state index is 0.0921. The van der Waals surface area contributed by atoms with E-state index in [0.717, 1.165) is 43.3 Å². The van der Waals surface area contributed by atoms with Gasteiger partial charge < -0.3 is 19.5 Å². The second-order valence-corrected chi connectivity index (χ2v) is 6.64. The van der Waals surface area contributed by atoms with Crippen LogP contribution in [0.5, 0.6) is 0 Å². The van der Waals surface area contributed by atoms with Gasteiger partial charge in [-0.25, -0.2) is 4.98 Å². The van der Waals surface area contributed by atoms with E-state index in [1.54, 1.807) is 13.2 Å². The zero-order valence-corrected chi connectivity index (χ0v) is 14.5. The zero-order chi connectivity index (χ0) is 17.4. The van der Waals surface area contributed by atoms with Crippen molar-refractivity contribution in [2.45, 2.75) is 38.0 Å². The molecule has 8 heteroatoms. The Bertz CT molecular complexity index is 764. The molecule has 1 amide bonds. The highest BCUT2D eigenvalue weighted by Gasteiger charge is 2.47. The first kappa shape index (κ1) is 16.0. The maximum absolute atomic E-state index is 12.1. The van der Waals surface area contributed by atoms with Gasteiger partial charge in [0.05, 0.1) is 12.2 Å². The fourth-order valence-electron chi connectivity index (χ4n) is 3.69. The lowest BCUT2D eigenvalue weighted by Gasteiger charge is -2.45. The van der Waals surface area contributed by atoms with Crippen LogP contribution in [0, 0.1) is 6.92 Å². The van der Waals surface area contributed by atoms with Gasteiger partial charge in [0, 0.05) is 45.4 Å². The van der Waals surface area contributed by atoms with E-state index in [-0.39, 0.29) is 5.91 Å². The fourth-order valence-corrected chi connectivity index (χ4v) is 3.69. The number of amides is 1. The van der Waals surface area contributed by atoms with Crippen molar-refractivity contribution >= 4 is 11.7 Å². The number of nitrogens with one attached hydrogen (secondary N) is 1. The Morgan fingerprint density at radius 2 is 2.12 bits per heavy atom. The lowest BCUT2D eigenvalue weighted by molar-refractivity contribution is -0.166. The number of likely N-dealkylation sites (N-methyl/N-ethyl adjacent to an activating group) is 1. The number of ether oxygens (including phenoxy) is 1. The summed E-state index contributed by atoms with van der Waals surface area (Å²) < 4.78 is 8.34. The van der Waals surface area contributed by atoms with E-state index < -0.39 is 11.7 Å². The first-order valence-corrected chi connectivity index (χ1v) is 8.58. The van der Waals surface area contributed by atoms with Crippen molar-refractivity contribution in [3.8, 4) is 0 Å².